The van der Waals surface area contributed by atoms with E-state index >= 15 is 0 Å². The first-order valence-corrected chi connectivity index (χ1v) is 6.94. The summed E-state index contributed by atoms with van der Waals surface area (Å²) in [6.07, 6.45) is -0.426. The Morgan fingerprint density at radius 3 is 2.53 bits per heavy atom. The van der Waals surface area contributed by atoms with E-state index in [0.29, 0.717) is 0 Å². The van der Waals surface area contributed by atoms with E-state index < -0.39 is 6.10 Å². The quantitative estimate of drug-likeness (QED) is 0.761. The monoisotopic (exact) mass is 270 g/mol. The van der Waals surface area contributed by atoms with E-state index in [-0.39, 0.29) is 0 Å². The van der Waals surface area contributed by atoms with Crippen LogP contribution >= 0.6 is 11.8 Å². The molecule has 1 atom stereocenters. The summed E-state index contributed by atoms with van der Waals surface area (Å²) < 4.78 is 0. The second kappa shape index (κ2) is 5.07. The number of rotatable bonds is 3. The molecule has 19 heavy (non-hydrogen) atoms. The van der Waals surface area contributed by atoms with Crippen molar-refractivity contribution < 1.29 is 5.11 Å². The Bertz CT molecular complexity index is 656. The second-order valence-corrected chi connectivity index (χ2v) is 5.47. The number of benzene rings is 2. The predicted molar refractivity (Wildman–Crippen MR) is 77.3 cm³/mol. The summed E-state index contributed by atoms with van der Waals surface area (Å²) in [6.45, 7) is 1.77. The van der Waals surface area contributed by atoms with Crippen LogP contribution in [-0.2, 0) is 0 Å². The number of hydrogen-bond acceptors (Lipinski definition) is 3. The highest BCUT2D eigenvalue weighted by molar-refractivity contribution is 7.99. The lowest BCUT2D eigenvalue weighted by Gasteiger charge is -2.04. The van der Waals surface area contributed by atoms with Gasteiger partial charge in [-0.25, -0.2) is 4.98 Å². The highest BCUT2D eigenvalue weighted by Gasteiger charge is 2.05. The molecule has 3 aromatic rings. The molecule has 2 aromatic carbocycles. The minimum absolute atomic E-state index is 0.426. The topological polar surface area (TPSA) is 48.9 Å². The molecule has 3 rings (SSSR count). The van der Waals surface area contributed by atoms with Gasteiger partial charge in [0.05, 0.1) is 17.1 Å². The molecule has 96 valence electrons. The van der Waals surface area contributed by atoms with Crippen LogP contribution in [0.5, 0.6) is 0 Å². The van der Waals surface area contributed by atoms with E-state index in [4.69, 9.17) is 0 Å². The summed E-state index contributed by atoms with van der Waals surface area (Å²) in [5.41, 5.74) is 2.95. The molecule has 4 heteroatoms. The minimum atomic E-state index is -0.426. The summed E-state index contributed by atoms with van der Waals surface area (Å²) in [5.74, 6) is 0. The van der Waals surface area contributed by atoms with Crippen molar-refractivity contribution in [2.75, 3.05) is 0 Å². The van der Waals surface area contributed by atoms with Crippen LogP contribution in [0.2, 0.25) is 0 Å². The fourth-order valence-electron chi connectivity index (χ4n) is 1.90. The van der Waals surface area contributed by atoms with Gasteiger partial charge in [0.25, 0.3) is 0 Å². The van der Waals surface area contributed by atoms with Gasteiger partial charge in [0.1, 0.15) is 0 Å². The SMILES string of the molecule is C[C@@H](O)c1ccc(Sc2nc3ccccc3[nH]2)cc1. The number of imidazole rings is 1. The number of aromatic amines is 1. The lowest BCUT2D eigenvalue weighted by atomic mass is 10.1. The molecule has 0 bridgehead atoms. The Labute approximate surface area is 115 Å². The lowest BCUT2D eigenvalue weighted by molar-refractivity contribution is 0.199. The molecule has 0 amide bonds. The number of aromatic nitrogens is 2. The zero-order valence-electron chi connectivity index (χ0n) is 10.5. The molecule has 0 radical (unpaired) electrons. The maximum atomic E-state index is 9.47. The Morgan fingerprint density at radius 2 is 1.84 bits per heavy atom. The summed E-state index contributed by atoms with van der Waals surface area (Å²) in [5, 5.41) is 10.4. The van der Waals surface area contributed by atoms with E-state index in [9.17, 15) is 5.11 Å². The number of nitrogens with one attached hydrogen (secondary N) is 1. The molecule has 0 saturated carbocycles. The standard InChI is InChI=1S/C15H14N2OS/c1-10(18)11-6-8-12(9-7-11)19-15-16-13-4-2-3-5-14(13)17-15/h2-10,18H,1H3,(H,16,17)/t10-/m1/s1. The third-order valence-electron chi connectivity index (χ3n) is 2.94. The van der Waals surface area contributed by atoms with Crippen LogP contribution in [0, 0.1) is 0 Å². The van der Waals surface area contributed by atoms with Crippen LogP contribution < -0.4 is 0 Å². The van der Waals surface area contributed by atoms with Gasteiger partial charge in [0.2, 0.25) is 0 Å². The van der Waals surface area contributed by atoms with Gasteiger partial charge in [-0.15, -0.1) is 0 Å². The summed E-state index contributed by atoms with van der Waals surface area (Å²) in [6, 6.07) is 15.9. The van der Waals surface area contributed by atoms with Gasteiger partial charge in [-0.2, -0.15) is 0 Å². The fraction of sp³-hybridized carbons (Fsp3) is 0.133. The highest BCUT2D eigenvalue weighted by Crippen LogP contribution is 2.28. The molecule has 0 aliphatic heterocycles. The zero-order chi connectivity index (χ0) is 13.2. The van der Waals surface area contributed by atoms with Gasteiger partial charge in [-0.05, 0) is 36.8 Å². The van der Waals surface area contributed by atoms with Crippen LogP contribution in [0.3, 0.4) is 0 Å². The van der Waals surface area contributed by atoms with Crippen LogP contribution in [0.25, 0.3) is 11.0 Å². The third kappa shape index (κ3) is 2.64. The van der Waals surface area contributed by atoms with Gasteiger partial charge < -0.3 is 10.1 Å². The van der Waals surface area contributed by atoms with Crippen molar-refractivity contribution in [1.82, 2.24) is 9.97 Å². The Kier molecular flexibility index (Phi) is 3.27. The number of nitrogens with zero attached hydrogens (tertiary/aromatic N) is 1. The van der Waals surface area contributed by atoms with Gasteiger partial charge in [0.15, 0.2) is 5.16 Å². The van der Waals surface area contributed by atoms with Crippen molar-refractivity contribution in [1.29, 1.82) is 0 Å². The van der Waals surface area contributed by atoms with Crippen molar-refractivity contribution in [3.05, 3.63) is 54.1 Å². The number of fused-ring (bicyclic) bond motifs is 1. The number of H-pyrrole nitrogens is 1. The third-order valence-corrected chi connectivity index (χ3v) is 3.84. The first kappa shape index (κ1) is 12.3. The Hall–Kier alpha value is -1.78. The molecular formula is C15H14N2OS. The van der Waals surface area contributed by atoms with Crippen LogP contribution in [0.1, 0.15) is 18.6 Å². The number of aliphatic hydroxyl groups excluding tert-OH is 1. The van der Waals surface area contributed by atoms with Crippen molar-refractivity contribution in [2.45, 2.75) is 23.1 Å². The van der Waals surface area contributed by atoms with Gasteiger partial charge in [-0.3, -0.25) is 0 Å². The first-order valence-electron chi connectivity index (χ1n) is 6.13. The van der Waals surface area contributed by atoms with Crippen molar-refractivity contribution in [3.8, 4) is 0 Å². The van der Waals surface area contributed by atoms with E-state index in [1.54, 1.807) is 18.7 Å². The molecule has 0 fully saturated rings. The summed E-state index contributed by atoms with van der Waals surface area (Å²) >= 11 is 1.59. The van der Waals surface area contributed by atoms with Crippen molar-refractivity contribution in [3.63, 3.8) is 0 Å². The largest absolute Gasteiger partial charge is 0.389 e. The molecule has 0 aliphatic rings. The van der Waals surface area contributed by atoms with E-state index in [2.05, 4.69) is 9.97 Å². The fourth-order valence-corrected chi connectivity index (χ4v) is 2.70. The van der Waals surface area contributed by atoms with E-state index in [0.717, 1.165) is 26.6 Å². The molecule has 1 heterocycles. The van der Waals surface area contributed by atoms with E-state index in [1.165, 1.54) is 0 Å². The van der Waals surface area contributed by atoms with Gasteiger partial charge in [-0.1, -0.05) is 36.0 Å². The average molecular weight is 270 g/mol. The van der Waals surface area contributed by atoms with Crippen LogP contribution in [-0.4, -0.2) is 15.1 Å². The van der Waals surface area contributed by atoms with Gasteiger partial charge >= 0.3 is 0 Å². The predicted octanol–water partition coefficient (Wildman–Crippen LogP) is 3.77. The smallest absolute Gasteiger partial charge is 0.171 e. The Morgan fingerprint density at radius 1 is 1.11 bits per heavy atom. The second-order valence-electron chi connectivity index (χ2n) is 4.41. The molecule has 2 N–H and O–H groups in total. The Balaban J connectivity index is 1.84. The lowest BCUT2D eigenvalue weighted by Crippen LogP contribution is -1.89. The average Bonchev–Trinajstić information content (AvgIpc) is 2.81. The molecule has 0 aliphatic carbocycles. The van der Waals surface area contributed by atoms with Crippen molar-refractivity contribution >= 4 is 22.8 Å². The molecule has 0 saturated heterocycles. The number of hydrogen-bond donors (Lipinski definition) is 2. The maximum absolute atomic E-state index is 9.47. The molecule has 0 unspecified atom stereocenters. The van der Waals surface area contributed by atoms with Crippen molar-refractivity contribution in [2.24, 2.45) is 0 Å². The molecular weight excluding hydrogens is 256 g/mol. The zero-order valence-corrected chi connectivity index (χ0v) is 11.3. The first-order chi connectivity index (χ1) is 9.22. The van der Waals surface area contributed by atoms with Crippen LogP contribution in [0.4, 0.5) is 0 Å². The number of para-hydroxylation sites is 2. The number of aliphatic hydroxyl groups is 1. The van der Waals surface area contributed by atoms with E-state index in [1.807, 2.05) is 48.5 Å². The maximum Gasteiger partial charge on any atom is 0.171 e. The normalized spacial score (nSPS) is 12.7. The summed E-state index contributed by atoms with van der Waals surface area (Å²) in [7, 11) is 0. The molecule has 0 spiro atoms. The summed E-state index contributed by atoms with van der Waals surface area (Å²) in [4.78, 5) is 8.91. The minimum Gasteiger partial charge on any atom is -0.389 e. The molecule has 1 aromatic heterocycles. The molecule has 3 nitrogen and oxygen atoms in total. The highest BCUT2D eigenvalue weighted by atomic mass is 32.2. The van der Waals surface area contributed by atoms with Gasteiger partial charge in [0, 0.05) is 4.90 Å². The van der Waals surface area contributed by atoms with Crippen LogP contribution in [0.15, 0.2) is 58.6 Å².